The predicted molar refractivity (Wildman–Crippen MR) is 125 cm³/mol. The largest absolute Gasteiger partial charge is 0.360 e. The Balaban J connectivity index is 0.00000210. The van der Waals surface area contributed by atoms with E-state index >= 15 is 0 Å². The fourth-order valence-electron chi connectivity index (χ4n) is 3.34. The fraction of sp³-hybridized carbons (Fsp3) is 0.368. The van der Waals surface area contributed by atoms with Crippen LogP contribution in [-0.2, 0) is 6.54 Å². The number of nitrogens with zero attached hydrogens (tertiary/aromatic N) is 4. The summed E-state index contributed by atoms with van der Waals surface area (Å²) in [7, 11) is 1.84. The number of imidazole rings is 1. The fourth-order valence-corrected chi connectivity index (χ4v) is 4.13. The molecule has 0 spiro atoms. The zero-order chi connectivity index (χ0) is 17.9. The van der Waals surface area contributed by atoms with Crippen molar-refractivity contribution in [1.82, 2.24) is 20.2 Å². The van der Waals surface area contributed by atoms with Crippen molar-refractivity contribution in [3.8, 4) is 0 Å². The van der Waals surface area contributed by atoms with Crippen LogP contribution in [0.25, 0.3) is 11.0 Å². The lowest BCUT2D eigenvalue weighted by molar-refractivity contribution is 0.373. The molecular weight excluding hydrogens is 471 g/mol. The molecule has 2 N–H and O–H groups in total. The third-order valence-electron chi connectivity index (χ3n) is 4.71. The van der Waals surface area contributed by atoms with Gasteiger partial charge in [0.25, 0.3) is 0 Å². The van der Waals surface area contributed by atoms with Crippen LogP contribution in [0, 0.1) is 6.92 Å². The van der Waals surface area contributed by atoms with E-state index in [1.165, 1.54) is 10.6 Å². The molecule has 3 aromatic rings. The van der Waals surface area contributed by atoms with Crippen molar-refractivity contribution in [1.29, 1.82) is 0 Å². The number of hydrogen-bond donors (Lipinski definition) is 2. The van der Waals surface area contributed by atoms with Gasteiger partial charge in [0, 0.05) is 33.2 Å². The lowest BCUT2D eigenvalue weighted by Crippen LogP contribution is -2.52. The Kier molecular flexibility index (Phi) is 6.59. The number of thiophene rings is 1. The molecule has 0 unspecified atom stereocenters. The summed E-state index contributed by atoms with van der Waals surface area (Å²) < 4.78 is 0. The molecule has 4 rings (SSSR count). The lowest BCUT2D eigenvalue weighted by atomic mass is 10.2. The van der Waals surface area contributed by atoms with Crippen molar-refractivity contribution < 1.29 is 0 Å². The van der Waals surface area contributed by atoms with Crippen molar-refractivity contribution in [2.24, 2.45) is 4.99 Å². The van der Waals surface area contributed by atoms with Crippen LogP contribution in [0.1, 0.15) is 11.4 Å². The molecule has 27 heavy (non-hydrogen) atoms. The van der Waals surface area contributed by atoms with E-state index in [9.17, 15) is 0 Å². The second-order valence-corrected chi connectivity index (χ2v) is 7.46. The topological polar surface area (TPSA) is 59.6 Å². The van der Waals surface area contributed by atoms with Crippen molar-refractivity contribution in [2.45, 2.75) is 13.5 Å². The van der Waals surface area contributed by atoms with Crippen LogP contribution in [-0.4, -0.2) is 54.1 Å². The molecule has 6 nitrogen and oxygen atoms in total. The molecule has 1 aliphatic heterocycles. The number of aromatic nitrogens is 2. The quantitative estimate of drug-likeness (QED) is 0.332. The van der Waals surface area contributed by atoms with Gasteiger partial charge in [0.2, 0.25) is 0 Å². The van der Waals surface area contributed by atoms with E-state index in [1.807, 2.05) is 7.05 Å². The Labute approximate surface area is 180 Å². The second-order valence-electron chi connectivity index (χ2n) is 6.53. The molecule has 0 bridgehead atoms. The highest BCUT2D eigenvalue weighted by Gasteiger charge is 2.20. The second kappa shape index (κ2) is 8.92. The molecule has 0 atom stereocenters. The van der Waals surface area contributed by atoms with Gasteiger partial charge in [0.1, 0.15) is 5.82 Å². The van der Waals surface area contributed by atoms with Crippen molar-refractivity contribution in [2.75, 3.05) is 38.1 Å². The molecule has 1 fully saturated rings. The molecule has 8 heteroatoms. The minimum Gasteiger partial charge on any atom is -0.360 e. The van der Waals surface area contributed by atoms with E-state index in [0.717, 1.165) is 49.0 Å². The monoisotopic (exact) mass is 496 g/mol. The number of rotatable bonds is 3. The first-order valence-corrected chi connectivity index (χ1v) is 9.80. The van der Waals surface area contributed by atoms with Gasteiger partial charge in [0.05, 0.1) is 22.6 Å². The van der Waals surface area contributed by atoms with Gasteiger partial charge in [-0.25, -0.2) is 4.98 Å². The van der Waals surface area contributed by atoms with Crippen LogP contribution < -0.4 is 10.2 Å². The number of benzene rings is 1. The summed E-state index contributed by atoms with van der Waals surface area (Å²) in [5, 5.41) is 6.93. The first-order valence-electron chi connectivity index (χ1n) is 8.92. The lowest BCUT2D eigenvalue weighted by Gasteiger charge is -2.36. The Bertz CT molecular complexity index is 896. The Hall–Kier alpha value is -1.81. The van der Waals surface area contributed by atoms with Crippen LogP contribution in [0.15, 0.2) is 40.7 Å². The number of aryl methyl sites for hydroxylation is 1. The summed E-state index contributed by atoms with van der Waals surface area (Å²) in [4.78, 5) is 17.3. The van der Waals surface area contributed by atoms with Crippen molar-refractivity contribution in [3.05, 3.63) is 47.1 Å². The summed E-state index contributed by atoms with van der Waals surface area (Å²) in [5.74, 6) is 1.87. The van der Waals surface area contributed by atoms with E-state index in [1.54, 1.807) is 11.3 Å². The normalized spacial score (nSPS) is 15.1. The number of guanidine groups is 1. The van der Waals surface area contributed by atoms with Gasteiger partial charge in [-0.05, 0) is 42.1 Å². The standard InChI is InChI=1S/C19H24N6S.HI/c1-14-5-6-15-16(12-14)23-17(22-15)13-21-19(20-2)25-9-7-24(8-10-25)18-4-3-11-26-18;/h3-6,11-12H,7-10,13H2,1-2H3,(H,20,21)(H,22,23);1H. The number of aromatic amines is 1. The van der Waals surface area contributed by atoms with Crippen molar-refractivity contribution in [3.63, 3.8) is 0 Å². The number of aliphatic imine (C=N–C) groups is 1. The molecule has 2 aromatic heterocycles. The molecule has 1 aliphatic rings. The summed E-state index contributed by atoms with van der Waals surface area (Å²) in [6.45, 7) is 6.71. The van der Waals surface area contributed by atoms with E-state index in [2.05, 4.69) is 72.7 Å². The Morgan fingerprint density at radius 2 is 2.07 bits per heavy atom. The number of hydrogen-bond acceptors (Lipinski definition) is 4. The third kappa shape index (κ3) is 4.55. The minimum atomic E-state index is 0. The molecule has 1 saturated heterocycles. The highest BCUT2D eigenvalue weighted by Crippen LogP contribution is 2.22. The smallest absolute Gasteiger partial charge is 0.194 e. The van der Waals surface area contributed by atoms with Crippen LogP contribution in [0.5, 0.6) is 0 Å². The van der Waals surface area contributed by atoms with E-state index in [4.69, 9.17) is 0 Å². The third-order valence-corrected chi connectivity index (χ3v) is 5.64. The van der Waals surface area contributed by atoms with Gasteiger partial charge >= 0.3 is 0 Å². The molecule has 0 saturated carbocycles. The average molecular weight is 496 g/mol. The van der Waals surface area contributed by atoms with Gasteiger partial charge < -0.3 is 20.1 Å². The number of piperazine rings is 1. The first-order chi connectivity index (χ1) is 12.7. The maximum absolute atomic E-state index is 4.65. The first kappa shape index (κ1) is 19.9. The number of anilines is 1. The number of nitrogens with one attached hydrogen (secondary N) is 2. The highest BCUT2D eigenvalue weighted by molar-refractivity contribution is 14.0. The molecule has 144 valence electrons. The number of fused-ring (bicyclic) bond motifs is 1. The van der Waals surface area contributed by atoms with E-state index in [-0.39, 0.29) is 24.0 Å². The summed E-state index contributed by atoms with van der Waals surface area (Å²) >= 11 is 1.80. The minimum absolute atomic E-state index is 0. The molecule has 0 amide bonds. The highest BCUT2D eigenvalue weighted by atomic mass is 127. The number of H-pyrrole nitrogens is 1. The molecular formula is C19H25IN6S. The van der Waals surface area contributed by atoms with Crippen LogP contribution in [0.4, 0.5) is 5.00 Å². The summed E-state index contributed by atoms with van der Waals surface area (Å²) in [6, 6.07) is 10.6. The summed E-state index contributed by atoms with van der Waals surface area (Å²) in [6.07, 6.45) is 0. The molecule has 3 heterocycles. The average Bonchev–Trinajstić information content (AvgIpc) is 3.32. The predicted octanol–water partition coefficient (Wildman–Crippen LogP) is 3.45. The zero-order valence-electron chi connectivity index (χ0n) is 15.6. The maximum Gasteiger partial charge on any atom is 0.194 e. The SMILES string of the molecule is CN=C(NCc1nc2ccc(C)cc2[nH]1)N1CCN(c2cccs2)CC1.I. The van der Waals surface area contributed by atoms with Crippen molar-refractivity contribution >= 4 is 57.3 Å². The van der Waals surface area contributed by atoms with Gasteiger partial charge in [-0.2, -0.15) is 0 Å². The van der Waals surface area contributed by atoms with E-state index in [0.29, 0.717) is 6.54 Å². The van der Waals surface area contributed by atoms with Crippen LogP contribution in [0.2, 0.25) is 0 Å². The van der Waals surface area contributed by atoms with Crippen LogP contribution in [0.3, 0.4) is 0 Å². The Morgan fingerprint density at radius 1 is 1.26 bits per heavy atom. The molecule has 1 aromatic carbocycles. The van der Waals surface area contributed by atoms with Gasteiger partial charge in [-0.3, -0.25) is 4.99 Å². The summed E-state index contributed by atoms with van der Waals surface area (Å²) in [5.41, 5.74) is 3.33. The Morgan fingerprint density at radius 3 is 2.78 bits per heavy atom. The van der Waals surface area contributed by atoms with Gasteiger partial charge in [-0.1, -0.05) is 6.07 Å². The van der Waals surface area contributed by atoms with Crippen LogP contribution >= 0.6 is 35.3 Å². The maximum atomic E-state index is 4.65. The number of halogens is 1. The van der Waals surface area contributed by atoms with E-state index < -0.39 is 0 Å². The molecule has 0 radical (unpaired) electrons. The van der Waals surface area contributed by atoms with Gasteiger partial charge in [-0.15, -0.1) is 35.3 Å². The van der Waals surface area contributed by atoms with Gasteiger partial charge in [0.15, 0.2) is 5.96 Å². The molecule has 0 aliphatic carbocycles. The zero-order valence-corrected chi connectivity index (χ0v) is 18.8.